The summed E-state index contributed by atoms with van der Waals surface area (Å²) < 4.78 is 10.5. The zero-order valence-electron chi connectivity index (χ0n) is 15.1. The van der Waals surface area contributed by atoms with Crippen molar-refractivity contribution in [2.45, 2.75) is 19.8 Å². The number of halogens is 1. The van der Waals surface area contributed by atoms with Crippen LogP contribution in [0, 0.1) is 5.92 Å². The van der Waals surface area contributed by atoms with Gasteiger partial charge in [-0.3, -0.25) is 4.99 Å². The number of benzene rings is 1. The lowest BCUT2D eigenvalue weighted by Gasteiger charge is -2.16. The summed E-state index contributed by atoms with van der Waals surface area (Å²) in [4.78, 5) is 4.26. The van der Waals surface area contributed by atoms with E-state index in [0.29, 0.717) is 5.92 Å². The van der Waals surface area contributed by atoms with Crippen LogP contribution in [0.2, 0.25) is 0 Å². The van der Waals surface area contributed by atoms with Gasteiger partial charge in [-0.2, -0.15) is 0 Å². The zero-order chi connectivity index (χ0) is 17.2. The van der Waals surface area contributed by atoms with Crippen LogP contribution in [0.3, 0.4) is 0 Å². The van der Waals surface area contributed by atoms with Gasteiger partial charge in [-0.05, 0) is 42.2 Å². The molecule has 6 heteroatoms. The molecule has 25 heavy (non-hydrogen) atoms. The van der Waals surface area contributed by atoms with Crippen molar-refractivity contribution in [3.05, 3.63) is 54.0 Å². The quantitative estimate of drug-likeness (QED) is 0.362. The molecular formula is C19H28IN3O2. The smallest absolute Gasteiger partial charge is 0.190 e. The van der Waals surface area contributed by atoms with Crippen LogP contribution in [-0.2, 0) is 12.8 Å². The molecular weight excluding hydrogens is 429 g/mol. The normalized spacial score (nSPS) is 12.2. The van der Waals surface area contributed by atoms with E-state index in [2.05, 4.69) is 34.7 Å². The van der Waals surface area contributed by atoms with Crippen molar-refractivity contribution in [2.75, 3.05) is 27.2 Å². The number of ether oxygens (including phenoxy) is 1. The summed E-state index contributed by atoms with van der Waals surface area (Å²) in [7, 11) is 3.47. The van der Waals surface area contributed by atoms with Crippen LogP contribution in [-0.4, -0.2) is 33.2 Å². The molecule has 0 amide bonds. The van der Waals surface area contributed by atoms with E-state index in [1.807, 2.05) is 24.3 Å². The number of rotatable bonds is 8. The summed E-state index contributed by atoms with van der Waals surface area (Å²) in [5, 5.41) is 6.68. The molecule has 2 aromatic rings. The summed E-state index contributed by atoms with van der Waals surface area (Å²) in [6.07, 6.45) is 3.55. The number of furan rings is 1. The molecule has 1 unspecified atom stereocenters. The number of nitrogens with one attached hydrogen (secondary N) is 2. The Morgan fingerprint density at radius 3 is 2.56 bits per heavy atom. The van der Waals surface area contributed by atoms with Gasteiger partial charge in [0, 0.05) is 26.6 Å². The number of methoxy groups -OCH3 is 1. The second kappa shape index (κ2) is 11.8. The average molecular weight is 457 g/mol. The summed E-state index contributed by atoms with van der Waals surface area (Å²) in [5.41, 5.74) is 1.31. The van der Waals surface area contributed by atoms with Crippen LogP contribution in [0.15, 0.2) is 52.1 Å². The van der Waals surface area contributed by atoms with E-state index in [1.54, 1.807) is 20.4 Å². The second-order valence-corrected chi connectivity index (χ2v) is 5.87. The van der Waals surface area contributed by atoms with Gasteiger partial charge in [-0.25, -0.2) is 0 Å². The van der Waals surface area contributed by atoms with Crippen molar-refractivity contribution >= 4 is 29.9 Å². The van der Waals surface area contributed by atoms with Crippen molar-refractivity contribution in [2.24, 2.45) is 10.9 Å². The minimum absolute atomic E-state index is 0. The van der Waals surface area contributed by atoms with Crippen LogP contribution in [0.5, 0.6) is 5.75 Å². The van der Waals surface area contributed by atoms with Crippen molar-refractivity contribution in [1.29, 1.82) is 0 Å². The van der Waals surface area contributed by atoms with Gasteiger partial charge in [-0.1, -0.05) is 19.1 Å². The van der Waals surface area contributed by atoms with E-state index in [-0.39, 0.29) is 24.0 Å². The Morgan fingerprint density at radius 2 is 1.96 bits per heavy atom. The predicted molar refractivity (Wildman–Crippen MR) is 113 cm³/mol. The third kappa shape index (κ3) is 7.81. The fourth-order valence-electron chi connectivity index (χ4n) is 2.49. The first-order valence-corrected chi connectivity index (χ1v) is 8.31. The molecule has 0 spiro atoms. The first kappa shape index (κ1) is 21.3. The molecule has 0 saturated carbocycles. The van der Waals surface area contributed by atoms with Gasteiger partial charge in [0.1, 0.15) is 11.5 Å². The zero-order valence-corrected chi connectivity index (χ0v) is 17.4. The first-order valence-electron chi connectivity index (χ1n) is 8.31. The molecule has 1 aromatic heterocycles. The first-order chi connectivity index (χ1) is 11.7. The molecule has 0 bridgehead atoms. The maximum Gasteiger partial charge on any atom is 0.190 e. The Kier molecular flexibility index (Phi) is 10.1. The number of guanidine groups is 1. The van der Waals surface area contributed by atoms with Gasteiger partial charge < -0.3 is 19.8 Å². The third-order valence-electron chi connectivity index (χ3n) is 3.83. The highest BCUT2D eigenvalue weighted by molar-refractivity contribution is 14.0. The average Bonchev–Trinajstić information content (AvgIpc) is 3.12. The Balaban J connectivity index is 0.00000312. The Labute approximate surface area is 167 Å². The SMILES string of the molecule is CN=C(NCCc1ccco1)NCC(C)Cc1ccc(OC)cc1.I. The van der Waals surface area contributed by atoms with Gasteiger partial charge in [-0.15, -0.1) is 24.0 Å². The lowest BCUT2D eigenvalue weighted by molar-refractivity contribution is 0.414. The van der Waals surface area contributed by atoms with E-state index < -0.39 is 0 Å². The van der Waals surface area contributed by atoms with Crippen LogP contribution < -0.4 is 15.4 Å². The van der Waals surface area contributed by atoms with E-state index >= 15 is 0 Å². The molecule has 0 saturated heterocycles. The minimum atomic E-state index is 0. The number of hydrogen-bond donors (Lipinski definition) is 2. The second-order valence-electron chi connectivity index (χ2n) is 5.87. The molecule has 0 aliphatic carbocycles. The van der Waals surface area contributed by atoms with Gasteiger partial charge in [0.05, 0.1) is 13.4 Å². The summed E-state index contributed by atoms with van der Waals surface area (Å²) in [6.45, 7) is 3.89. The largest absolute Gasteiger partial charge is 0.497 e. The lowest BCUT2D eigenvalue weighted by atomic mass is 10.0. The molecule has 2 rings (SSSR count). The summed E-state index contributed by atoms with van der Waals surface area (Å²) >= 11 is 0. The maximum atomic E-state index is 5.32. The molecule has 0 aliphatic rings. The highest BCUT2D eigenvalue weighted by Crippen LogP contribution is 2.14. The lowest BCUT2D eigenvalue weighted by Crippen LogP contribution is -2.40. The Bertz CT molecular complexity index is 612. The van der Waals surface area contributed by atoms with Gasteiger partial charge >= 0.3 is 0 Å². The number of aliphatic imine (C=N–C) groups is 1. The van der Waals surface area contributed by atoms with Crippen LogP contribution in [0.25, 0.3) is 0 Å². The monoisotopic (exact) mass is 457 g/mol. The minimum Gasteiger partial charge on any atom is -0.497 e. The van der Waals surface area contributed by atoms with Crippen molar-refractivity contribution < 1.29 is 9.15 Å². The fraction of sp³-hybridized carbons (Fsp3) is 0.421. The van der Waals surface area contributed by atoms with Crippen molar-refractivity contribution in [1.82, 2.24) is 10.6 Å². The number of nitrogens with zero attached hydrogens (tertiary/aromatic N) is 1. The van der Waals surface area contributed by atoms with Crippen LogP contribution in [0.4, 0.5) is 0 Å². The van der Waals surface area contributed by atoms with E-state index in [0.717, 1.165) is 43.4 Å². The Hall–Kier alpha value is -1.70. The maximum absolute atomic E-state index is 5.32. The molecule has 5 nitrogen and oxygen atoms in total. The van der Waals surface area contributed by atoms with Crippen molar-refractivity contribution in [3.63, 3.8) is 0 Å². The highest BCUT2D eigenvalue weighted by atomic mass is 127. The number of hydrogen-bond acceptors (Lipinski definition) is 3. The molecule has 0 fully saturated rings. The summed E-state index contributed by atoms with van der Waals surface area (Å²) in [5.74, 6) is 3.20. The van der Waals surface area contributed by atoms with Crippen LogP contribution >= 0.6 is 24.0 Å². The van der Waals surface area contributed by atoms with Crippen LogP contribution in [0.1, 0.15) is 18.2 Å². The highest BCUT2D eigenvalue weighted by Gasteiger charge is 2.06. The molecule has 0 radical (unpaired) electrons. The van der Waals surface area contributed by atoms with Crippen molar-refractivity contribution in [3.8, 4) is 5.75 Å². The predicted octanol–water partition coefficient (Wildman–Crippen LogP) is 3.49. The summed E-state index contributed by atoms with van der Waals surface area (Å²) in [6, 6.07) is 12.1. The van der Waals surface area contributed by atoms with E-state index in [9.17, 15) is 0 Å². The van der Waals surface area contributed by atoms with Gasteiger partial charge in [0.15, 0.2) is 5.96 Å². The molecule has 0 aliphatic heterocycles. The molecule has 1 atom stereocenters. The third-order valence-corrected chi connectivity index (χ3v) is 3.83. The molecule has 1 aromatic carbocycles. The standard InChI is InChI=1S/C19H27N3O2.HI/c1-15(13-16-6-8-17(23-3)9-7-16)14-22-19(20-2)21-11-10-18-5-4-12-24-18;/h4-9,12,15H,10-11,13-14H2,1-3H3,(H2,20,21,22);1H. The van der Waals surface area contributed by atoms with Gasteiger partial charge in [0.25, 0.3) is 0 Å². The Morgan fingerprint density at radius 1 is 1.20 bits per heavy atom. The van der Waals surface area contributed by atoms with Gasteiger partial charge in [0.2, 0.25) is 0 Å². The van der Waals surface area contributed by atoms with E-state index in [4.69, 9.17) is 9.15 Å². The molecule has 138 valence electrons. The molecule has 1 heterocycles. The molecule has 2 N–H and O–H groups in total. The fourth-order valence-corrected chi connectivity index (χ4v) is 2.49. The van der Waals surface area contributed by atoms with E-state index in [1.165, 1.54) is 5.56 Å². The topological polar surface area (TPSA) is 58.8 Å².